The number of aromatic nitrogens is 1. The number of rotatable bonds is 2. The lowest BCUT2D eigenvalue weighted by atomic mass is 9.98. The minimum absolute atomic E-state index is 0.112. The number of hydrogen-bond donors (Lipinski definition) is 2. The molecule has 0 aliphatic carbocycles. The highest BCUT2D eigenvalue weighted by atomic mass is 16.4. The van der Waals surface area contributed by atoms with Gasteiger partial charge in [-0.2, -0.15) is 0 Å². The summed E-state index contributed by atoms with van der Waals surface area (Å²) in [6.45, 7) is 4.97. The summed E-state index contributed by atoms with van der Waals surface area (Å²) in [4.78, 5) is 28.6. The van der Waals surface area contributed by atoms with E-state index in [1.165, 1.54) is 0 Å². The van der Waals surface area contributed by atoms with Crippen LogP contribution in [0.1, 0.15) is 34.5 Å². The molecule has 2 aromatic rings. The molecule has 3 rings (SSSR count). The van der Waals surface area contributed by atoms with Crippen molar-refractivity contribution in [3.63, 3.8) is 0 Å². The highest BCUT2D eigenvalue weighted by molar-refractivity contribution is 5.99. The number of carbonyl (C=O) groups is 2. The minimum Gasteiger partial charge on any atom is -0.481 e. The van der Waals surface area contributed by atoms with Gasteiger partial charge >= 0.3 is 5.97 Å². The second-order valence-electron chi connectivity index (χ2n) is 6.15. The first-order valence-electron chi connectivity index (χ1n) is 7.58. The normalized spacial score (nSPS) is 18.6. The summed E-state index contributed by atoms with van der Waals surface area (Å²) in [6.07, 6.45) is 1.38. The van der Waals surface area contributed by atoms with Crippen LogP contribution in [0.15, 0.2) is 18.2 Å². The Hall–Kier alpha value is -2.30. The van der Waals surface area contributed by atoms with Gasteiger partial charge in [-0.15, -0.1) is 0 Å². The molecule has 0 saturated carbocycles. The summed E-state index contributed by atoms with van der Waals surface area (Å²) in [5.41, 5.74) is 3.77. The number of nitrogens with zero attached hydrogens (tertiary/aromatic N) is 1. The number of H-pyrrole nitrogens is 1. The third kappa shape index (κ3) is 2.58. The maximum Gasteiger partial charge on any atom is 0.308 e. The van der Waals surface area contributed by atoms with Crippen molar-refractivity contribution in [2.75, 3.05) is 13.1 Å². The summed E-state index contributed by atoms with van der Waals surface area (Å²) in [6, 6.07) is 5.98. The molecular weight excluding hydrogens is 280 g/mol. The third-order valence-corrected chi connectivity index (χ3v) is 4.38. The first-order valence-corrected chi connectivity index (χ1v) is 7.58. The third-order valence-electron chi connectivity index (χ3n) is 4.38. The van der Waals surface area contributed by atoms with Crippen LogP contribution in [0.3, 0.4) is 0 Å². The fraction of sp³-hybridized carbons (Fsp3) is 0.412. The Morgan fingerprint density at radius 3 is 2.77 bits per heavy atom. The maximum atomic E-state index is 12.6. The molecule has 5 nitrogen and oxygen atoms in total. The number of likely N-dealkylation sites (tertiary alicyclic amines) is 1. The number of nitrogens with one attached hydrogen (secondary N) is 1. The molecule has 1 fully saturated rings. The van der Waals surface area contributed by atoms with Crippen LogP contribution in [-0.2, 0) is 4.79 Å². The zero-order valence-electron chi connectivity index (χ0n) is 12.8. The average molecular weight is 300 g/mol. The van der Waals surface area contributed by atoms with E-state index < -0.39 is 11.9 Å². The van der Waals surface area contributed by atoms with Crippen LogP contribution < -0.4 is 0 Å². The van der Waals surface area contributed by atoms with Crippen LogP contribution >= 0.6 is 0 Å². The summed E-state index contributed by atoms with van der Waals surface area (Å²) in [5.74, 6) is -1.38. The second kappa shape index (κ2) is 5.48. The lowest BCUT2D eigenvalue weighted by Crippen LogP contribution is -2.42. The van der Waals surface area contributed by atoms with Crippen molar-refractivity contribution in [2.24, 2.45) is 5.92 Å². The maximum absolute atomic E-state index is 12.6. The van der Waals surface area contributed by atoms with Gasteiger partial charge in [-0.3, -0.25) is 9.59 Å². The number of carboxylic acid groups (broad SMARTS) is 1. The lowest BCUT2D eigenvalue weighted by Gasteiger charge is -2.30. The van der Waals surface area contributed by atoms with E-state index in [1.807, 2.05) is 26.0 Å². The number of carbonyl (C=O) groups excluding carboxylic acids is 1. The van der Waals surface area contributed by atoms with Crippen LogP contribution in [0.5, 0.6) is 0 Å². The van der Waals surface area contributed by atoms with E-state index in [9.17, 15) is 9.59 Å². The predicted molar refractivity (Wildman–Crippen MR) is 84.0 cm³/mol. The molecule has 1 amide bonds. The van der Waals surface area contributed by atoms with E-state index in [2.05, 4.69) is 11.1 Å². The Morgan fingerprint density at radius 1 is 1.27 bits per heavy atom. The van der Waals surface area contributed by atoms with Gasteiger partial charge in [-0.25, -0.2) is 0 Å². The summed E-state index contributed by atoms with van der Waals surface area (Å²) in [7, 11) is 0. The van der Waals surface area contributed by atoms with Gasteiger partial charge in [-0.05, 0) is 49.9 Å². The molecule has 1 aliphatic rings. The van der Waals surface area contributed by atoms with Gasteiger partial charge in [0.2, 0.25) is 0 Å². The van der Waals surface area contributed by atoms with Gasteiger partial charge in [0.15, 0.2) is 0 Å². The Labute approximate surface area is 128 Å². The number of piperidine rings is 1. The molecule has 1 saturated heterocycles. The smallest absolute Gasteiger partial charge is 0.308 e. The Balaban J connectivity index is 1.89. The zero-order valence-corrected chi connectivity index (χ0v) is 12.8. The van der Waals surface area contributed by atoms with Crippen molar-refractivity contribution in [2.45, 2.75) is 26.7 Å². The molecule has 0 radical (unpaired) electrons. The van der Waals surface area contributed by atoms with E-state index in [0.29, 0.717) is 25.2 Å². The Morgan fingerprint density at radius 2 is 2.05 bits per heavy atom. The molecule has 116 valence electrons. The Kier molecular flexibility index (Phi) is 3.64. The van der Waals surface area contributed by atoms with Crippen molar-refractivity contribution in [1.29, 1.82) is 0 Å². The van der Waals surface area contributed by atoms with Crippen molar-refractivity contribution in [3.05, 3.63) is 35.0 Å². The first kappa shape index (κ1) is 14.6. The number of amides is 1. The highest BCUT2D eigenvalue weighted by Gasteiger charge is 2.29. The van der Waals surface area contributed by atoms with Gasteiger partial charge in [0.05, 0.1) is 5.92 Å². The van der Waals surface area contributed by atoms with Gasteiger partial charge in [-0.1, -0.05) is 6.07 Å². The van der Waals surface area contributed by atoms with E-state index >= 15 is 0 Å². The van der Waals surface area contributed by atoms with Gasteiger partial charge < -0.3 is 15.0 Å². The number of aryl methyl sites for hydroxylation is 2. The largest absolute Gasteiger partial charge is 0.481 e. The average Bonchev–Trinajstić information content (AvgIpc) is 2.90. The molecule has 5 heteroatoms. The van der Waals surface area contributed by atoms with Crippen molar-refractivity contribution in [1.82, 2.24) is 9.88 Å². The van der Waals surface area contributed by atoms with Gasteiger partial charge in [0.25, 0.3) is 5.91 Å². The second-order valence-corrected chi connectivity index (χ2v) is 6.15. The molecule has 0 bridgehead atoms. The predicted octanol–water partition coefficient (Wildman–Crippen LogP) is 2.72. The molecule has 1 atom stereocenters. The van der Waals surface area contributed by atoms with Crippen molar-refractivity contribution >= 4 is 22.8 Å². The van der Waals surface area contributed by atoms with Crippen LogP contribution in [0.2, 0.25) is 0 Å². The standard InChI is InChI=1S/C17H20N2O3/c1-10-6-11(2)13-8-15(18-14(13)7-10)16(20)19-5-3-4-12(9-19)17(21)22/h6-8,12,18H,3-5,9H2,1-2H3,(H,21,22)/t12-/m0/s1. The van der Waals surface area contributed by atoms with E-state index in [-0.39, 0.29) is 5.91 Å². The SMILES string of the molecule is Cc1cc(C)c2cc(C(=O)N3CCC[C@H](C(=O)O)C3)[nH]c2c1. The van der Waals surface area contributed by atoms with Crippen LogP contribution in [-0.4, -0.2) is 40.0 Å². The van der Waals surface area contributed by atoms with Gasteiger partial charge in [0, 0.05) is 24.0 Å². The van der Waals surface area contributed by atoms with Gasteiger partial charge in [0.1, 0.15) is 5.69 Å². The fourth-order valence-electron chi connectivity index (χ4n) is 3.25. The van der Waals surface area contributed by atoms with Crippen LogP contribution in [0, 0.1) is 19.8 Å². The topological polar surface area (TPSA) is 73.4 Å². The first-order chi connectivity index (χ1) is 10.5. The summed E-state index contributed by atoms with van der Waals surface area (Å²) >= 11 is 0. The molecule has 0 unspecified atom stereocenters. The number of aliphatic carboxylic acids is 1. The fourth-order valence-corrected chi connectivity index (χ4v) is 3.25. The monoisotopic (exact) mass is 300 g/mol. The minimum atomic E-state index is -0.819. The summed E-state index contributed by atoms with van der Waals surface area (Å²) in [5, 5.41) is 10.2. The van der Waals surface area contributed by atoms with E-state index in [0.717, 1.165) is 28.5 Å². The number of fused-ring (bicyclic) bond motifs is 1. The molecule has 1 aliphatic heterocycles. The quantitative estimate of drug-likeness (QED) is 0.895. The van der Waals surface area contributed by atoms with Crippen LogP contribution in [0.4, 0.5) is 0 Å². The molecule has 2 N–H and O–H groups in total. The van der Waals surface area contributed by atoms with Crippen molar-refractivity contribution in [3.8, 4) is 0 Å². The number of hydrogen-bond acceptors (Lipinski definition) is 2. The Bertz CT molecular complexity index is 748. The highest BCUT2D eigenvalue weighted by Crippen LogP contribution is 2.24. The van der Waals surface area contributed by atoms with Crippen LogP contribution in [0.25, 0.3) is 10.9 Å². The number of carboxylic acids is 1. The molecule has 1 aromatic heterocycles. The lowest BCUT2D eigenvalue weighted by molar-refractivity contribution is -0.143. The number of aromatic amines is 1. The molecule has 2 heterocycles. The summed E-state index contributed by atoms with van der Waals surface area (Å²) < 4.78 is 0. The zero-order chi connectivity index (χ0) is 15.9. The van der Waals surface area contributed by atoms with E-state index in [4.69, 9.17) is 5.11 Å². The number of benzene rings is 1. The molecular formula is C17H20N2O3. The molecule has 1 aromatic carbocycles. The molecule has 22 heavy (non-hydrogen) atoms. The van der Waals surface area contributed by atoms with Crippen molar-refractivity contribution < 1.29 is 14.7 Å². The molecule has 0 spiro atoms. The van der Waals surface area contributed by atoms with E-state index in [1.54, 1.807) is 4.90 Å².